The van der Waals surface area contributed by atoms with E-state index in [1.54, 1.807) is 4.90 Å². The number of hydrogen-bond donors (Lipinski definition) is 0. The summed E-state index contributed by atoms with van der Waals surface area (Å²) in [5, 5.41) is 0. The average molecular weight is 305 g/mol. The van der Waals surface area contributed by atoms with Crippen molar-refractivity contribution in [3.63, 3.8) is 0 Å². The molecular formula is C18H18F3N. The molecule has 2 aromatic rings. The molecule has 0 amide bonds. The lowest BCUT2D eigenvalue weighted by Gasteiger charge is -2.19. The summed E-state index contributed by atoms with van der Waals surface area (Å²) in [5.74, 6) is -2.61. The van der Waals surface area contributed by atoms with Crippen molar-refractivity contribution in [2.24, 2.45) is 0 Å². The molecule has 0 bridgehead atoms. The fourth-order valence-corrected chi connectivity index (χ4v) is 2.69. The van der Waals surface area contributed by atoms with Crippen molar-refractivity contribution in [1.29, 1.82) is 0 Å². The molecule has 1 aliphatic rings. The van der Waals surface area contributed by atoms with Crippen LogP contribution in [-0.2, 0) is 5.41 Å². The fraction of sp³-hybridized carbons (Fsp3) is 0.333. The summed E-state index contributed by atoms with van der Waals surface area (Å²) < 4.78 is 40.5. The van der Waals surface area contributed by atoms with Gasteiger partial charge in [-0.1, -0.05) is 45.0 Å². The smallest absolute Gasteiger partial charge is 0.152 e. The Labute approximate surface area is 128 Å². The molecule has 22 heavy (non-hydrogen) atoms. The number of hydrogen-bond acceptors (Lipinski definition) is 1. The predicted molar refractivity (Wildman–Crippen MR) is 81.5 cm³/mol. The zero-order valence-electron chi connectivity index (χ0n) is 12.8. The van der Waals surface area contributed by atoms with E-state index in [-0.39, 0.29) is 17.1 Å². The summed E-state index contributed by atoms with van der Waals surface area (Å²) in [6.45, 7) is 6.94. The van der Waals surface area contributed by atoms with Gasteiger partial charge in [0.05, 0.1) is 6.04 Å². The minimum atomic E-state index is -0.897. The topological polar surface area (TPSA) is 3.01 Å². The maximum Gasteiger partial charge on any atom is 0.152 e. The van der Waals surface area contributed by atoms with E-state index in [2.05, 4.69) is 20.8 Å². The van der Waals surface area contributed by atoms with E-state index in [9.17, 15) is 13.2 Å². The maximum absolute atomic E-state index is 13.8. The van der Waals surface area contributed by atoms with Crippen LogP contribution in [0.4, 0.5) is 18.9 Å². The number of halogens is 3. The lowest BCUT2D eigenvalue weighted by Crippen LogP contribution is -2.10. The molecular weight excluding hydrogens is 287 g/mol. The molecule has 4 heteroatoms. The Morgan fingerprint density at radius 2 is 1.50 bits per heavy atom. The van der Waals surface area contributed by atoms with Crippen LogP contribution >= 0.6 is 0 Å². The summed E-state index contributed by atoms with van der Waals surface area (Å²) >= 11 is 0. The molecule has 1 heterocycles. The highest BCUT2D eigenvalue weighted by Crippen LogP contribution is 2.42. The number of rotatable bonds is 2. The van der Waals surface area contributed by atoms with Crippen LogP contribution in [0.5, 0.6) is 0 Å². The Morgan fingerprint density at radius 3 is 2.00 bits per heavy atom. The van der Waals surface area contributed by atoms with Crippen molar-refractivity contribution in [1.82, 2.24) is 0 Å². The second-order valence-corrected chi connectivity index (χ2v) is 6.76. The van der Waals surface area contributed by atoms with Crippen LogP contribution in [0.15, 0.2) is 36.4 Å². The highest BCUT2D eigenvalue weighted by atomic mass is 19.1. The first kappa shape index (κ1) is 14.9. The van der Waals surface area contributed by atoms with Crippen LogP contribution in [0.25, 0.3) is 0 Å². The van der Waals surface area contributed by atoms with Gasteiger partial charge in [0, 0.05) is 18.7 Å². The molecule has 1 nitrogen and oxygen atoms in total. The van der Waals surface area contributed by atoms with Gasteiger partial charge in [0.2, 0.25) is 0 Å². The predicted octanol–water partition coefficient (Wildman–Crippen LogP) is 4.96. The summed E-state index contributed by atoms with van der Waals surface area (Å²) in [7, 11) is 0. The first-order valence-electron chi connectivity index (χ1n) is 7.29. The largest absolute Gasteiger partial charge is 0.356 e. The lowest BCUT2D eigenvalue weighted by atomic mass is 9.86. The molecule has 0 aliphatic carbocycles. The SMILES string of the molecule is CC(C)(C)c1ccc([C@H]2CN2c2c(F)cc(F)cc2F)cc1. The van der Waals surface area contributed by atoms with Crippen molar-refractivity contribution in [2.45, 2.75) is 32.2 Å². The number of anilines is 1. The summed E-state index contributed by atoms with van der Waals surface area (Å²) in [6, 6.07) is 9.46. The minimum Gasteiger partial charge on any atom is -0.356 e. The molecule has 0 spiro atoms. The highest BCUT2D eigenvalue weighted by molar-refractivity contribution is 5.58. The van der Waals surface area contributed by atoms with Crippen molar-refractivity contribution in [3.05, 3.63) is 65.0 Å². The van der Waals surface area contributed by atoms with Crippen LogP contribution in [0.3, 0.4) is 0 Å². The quantitative estimate of drug-likeness (QED) is 0.708. The summed E-state index contributed by atoms with van der Waals surface area (Å²) in [6.07, 6.45) is 0. The molecule has 1 aliphatic heterocycles. The molecule has 2 aromatic carbocycles. The Kier molecular flexibility index (Phi) is 3.42. The molecule has 1 fully saturated rings. The van der Waals surface area contributed by atoms with Gasteiger partial charge < -0.3 is 4.90 Å². The second-order valence-electron chi connectivity index (χ2n) is 6.76. The van der Waals surface area contributed by atoms with Gasteiger partial charge >= 0.3 is 0 Å². The van der Waals surface area contributed by atoms with E-state index >= 15 is 0 Å². The van der Waals surface area contributed by atoms with E-state index in [0.29, 0.717) is 6.54 Å². The molecule has 0 saturated carbocycles. The van der Waals surface area contributed by atoms with Crippen molar-refractivity contribution in [2.75, 3.05) is 11.4 Å². The number of nitrogens with zero attached hydrogens (tertiary/aromatic N) is 1. The third kappa shape index (κ3) is 2.70. The van der Waals surface area contributed by atoms with Crippen molar-refractivity contribution >= 4 is 5.69 Å². The molecule has 0 aromatic heterocycles. The third-order valence-corrected chi connectivity index (χ3v) is 4.04. The van der Waals surface area contributed by atoms with Gasteiger partial charge in [-0.15, -0.1) is 0 Å². The molecule has 0 N–H and O–H groups in total. The van der Waals surface area contributed by atoms with E-state index in [1.165, 1.54) is 5.56 Å². The van der Waals surface area contributed by atoms with Crippen molar-refractivity contribution in [3.8, 4) is 0 Å². The van der Waals surface area contributed by atoms with E-state index in [1.807, 2.05) is 24.3 Å². The molecule has 3 rings (SSSR count). The minimum absolute atomic E-state index is 0.0523. The van der Waals surface area contributed by atoms with Gasteiger partial charge in [-0.2, -0.15) is 0 Å². The summed E-state index contributed by atoms with van der Waals surface area (Å²) in [4.78, 5) is 1.61. The lowest BCUT2D eigenvalue weighted by molar-refractivity contribution is 0.545. The van der Waals surface area contributed by atoms with Crippen LogP contribution in [0.1, 0.15) is 37.9 Å². The van der Waals surface area contributed by atoms with E-state index in [0.717, 1.165) is 17.7 Å². The molecule has 1 atom stereocenters. The van der Waals surface area contributed by atoms with Gasteiger partial charge in [-0.25, -0.2) is 13.2 Å². The summed E-state index contributed by atoms with van der Waals surface area (Å²) in [5.41, 5.74) is 2.14. The normalized spacial score (nSPS) is 17.7. The van der Waals surface area contributed by atoms with Gasteiger partial charge in [0.1, 0.15) is 11.5 Å². The fourth-order valence-electron chi connectivity index (χ4n) is 2.69. The zero-order chi connectivity index (χ0) is 16.1. The highest BCUT2D eigenvalue weighted by Gasteiger charge is 2.39. The van der Waals surface area contributed by atoms with Gasteiger partial charge in [0.25, 0.3) is 0 Å². The third-order valence-electron chi connectivity index (χ3n) is 4.04. The standard InChI is InChI=1S/C18H18F3N/c1-18(2,3)12-6-4-11(5-7-12)16-10-22(16)17-14(20)8-13(19)9-15(17)21/h4-9,16H,10H2,1-3H3/t16-,22?/m1/s1. The van der Waals surface area contributed by atoms with Gasteiger partial charge in [-0.3, -0.25) is 0 Å². The zero-order valence-corrected chi connectivity index (χ0v) is 12.8. The first-order valence-corrected chi connectivity index (χ1v) is 7.29. The second kappa shape index (κ2) is 5.04. The molecule has 0 radical (unpaired) electrons. The van der Waals surface area contributed by atoms with Crippen LogP contribution < -0.4 is 4.90 Å². The van der Waals surface area contributed by atoms with Crippen LogP contribution in [0.2, 0.25) is 0 Å². The Morgan fingerprint density at radius 1 is 0.955 bits per heavy atom. The van der Waals surface area contributed by atoms with E-state index < -0.39 is 17.5 Å². The van der Waals surface area contributed by atoms with Crippen LogP contribution in [-0.4, -0.2) is 6.54 Å². The monoisotopic (exact) mass is 305 g/mol. The van der Waals surface area contributed by atoms with Crippen LogP contribution in [0, 0.1) is 17.5 Å². The first-order chi connectivity index (χ1) is 10.3. The maximum atomic E-state index is 13.8. The molecule has 116 valence electrons. The van der Waals surface area contributed by atoms with Gasteiger partial charge in [0.15, 0.2) is 11.6 Å². The van der Waals surface area contributed by atoms with Crippen molar-refractivity contribution < 1.29 is 13.2 Å². The molecule has 0 unspecified atom stereocenters. The Balaban J connectivity index is 1.83. The molecule has 1 saturated heterocycles. The van der Waals surface area contributed by atoms with E-state index in [4.69, 9.17) is 0 Å². The Hall–Kier alpha value is -1.97. The Bertz CT molecular complexity index is 678. The van der Waals surface area contributed by atoms with Gasteiger partial charge in [-0.05, 0) is 16.5 Å². The average Bonchev–Trinajstić information content (AvgIpc) is 3.17. The number of benzene rings is 2.